The molecule has 0 bridgehead atoms. The monoisotopic (exact) mass is 584 g/mol. The molecule has 1 unspecified atom stereocenters. The molecular weight excluding hydrogens is 555 g/mol. The van der Waals surface area contributed by atoms with Crippen molar-refractivity contribution in [2.45, 2.75) is 25.7 Å². The molecule has 0 aliphatic heterocycles. The van der Waals surface area contributed by atoms with Crippen LogP contribution in [0, 0.1) is 0 Å². The average molecular weight is 585 g/mol. The summed E-state index contributed by atoms with van der Waals surface area (Å²) < 4.78 is 2.42. The van der Waals surface area contributed by atoms with Gasteiger partial charge < -0.3 is 4.57 Å². The van der Waals surface area contributed by atoms with Gasteiger partial charge in [0, 0.05) is 32.7 Å². The number of para-hydroxylation sites is 2. The molecule has 0 saturated heterocycles. The van der Waals surface area contributed by atoms with Crippen LogP contribution >= 0.6 is 7.53 Å². The van der Waals surface area contributed by atoms with Crippen LogP contribution in [0.25, 0.3) is 66.3 Å². The second-order valence-corrected chi connectivity index (χ2v) is 13.6. The van der Waals surface area contributed by atoms with Gasteiger partial charge in [0.05, 0.1) is 11.0 Å². The summed E-state index contributed by atoms with van der Waals surface area (Å²) in [5.41, 5.74) is 8.11. The maximum atomic E-state index is 5.27. The van der Waals surface area contributed by atoms with E-state index in [9.17, 15) is 0 Å². The number of rotatable bonds is 4. The molecule has 0 N–H and O–H groups in total. The van der Waals surface area contributed by atoms with Crippen LogP contribution in [0.15, 0.2) is 127 Å². The van der Waals surface area contributed by atoms with Crippen LogP contribution < -0.4 is 0 Å². The van der Waals surface area contributed by atoms with Crippen LogP contribution in [0.2, 0.25) is 0 Å². The third kappa shape index (κ3) is 4.02. The van der Waals surface area contributed by atoms with Gasteiger partial charge in [-0.05, 0) is 79.8 Å². The van der Waals surface area contributed by atoms with E-state index in [1.54, 1.807) is 5.30 Å². The first-order valence-electron chi connectivity index (χ1n) is 15.4. The number of aromatic nitrogens is 4. The Morgan fingerprint density at radius 1 is 0.523 bits per heavy atom. The summed E-state index contributed by atoms with van der Waals surface area (Å²) in [5, 5.41) is 6.93. The van der Waals surface area contributed by atoms with E-state index in [0.717, 1.165) is 41.2 Å². The van der Waals surface area contributed by atoms with Crippen LogP contribution in [0.5, 0.6) is 0 Å². The van der Waals surface area contributed by atoms with E-state index in [4.69, 9.17) is 15.0 Å². The Morgan fingerprint density at radius 2 is 1.14 bits per heavy atom. The highest BCUT2D eigenvalue weighted by molar-refractivity contribution is 7.63. The number of fused-ring (bicyclic) bond motifs is 6. The first-order valence-corrected chi connectivity index (χ1v) is 16.7. The number of benzene rings is 5. The molecule has 8 aromatic rings. The van der Waals surface area contributed by atoms with Crippen molar-refractivity contribution in [1.29, 1.82) is 0 Å². The molecule has 0 fully saturated rings. The van der Waals surface area contributed by atoms with Crippen molar-refractivity contribution in [2.24, 2.45) is 0 Å². The van der Waals surface area contributed by atoms with Gasteiger partial charge in [0.1, 0.15) is 0 Å². The molecule has 1 aliphatic carbocycles. The minimum Gasteiger partial charge on any atom is -0.309 e. The molecule has 1 atom stereocenters. The van der Waals surface area contributed by atoms with E-state index in [1.165, 1.54) is 56.4 Å². The molecule has 1 aliphatic rings. The Hall–Kier alpha value is -5.05. The van der Waals surface area contributed by atoms with Crippen LogP contribution in [0.3, 0.4) is 0 Å². The van der Waals surface area contributed by atoms with Crippen molar-refractivity contribution < 1.29 is 0 Å². The molecule has 4 nitrogen and oxygen atoms in total. The summed E-state index contributed by atoms with van der Waals surface area (Å²) in [4.78, 5) is 15.5. The highest BCUT2D eigenvalue weighted by atomic mass is 31.1. The van der Waals surface area contributed by atoms with Crippen molar-refractivity contribution in [2.75, 3.05) is 0 Å². The van der Waals surface area contributed by atoms with Gasteiger partial charge in [-0.25, -0.2) is 15.0 Å². The number of hydrogen-bond acceptors (Lipinski definition) is 3. The van der Waals surface area contributed by atoms with Gasteiger partial charge in [-0.15, -0.1) is 0 Å². The zero-order valence-corrected chi connectivity index (χ0v) is 25.1. The summed E-state index contributed by atoms with van der Waals surface area (Å²) in [6, 6.07) is 45.2. The fraction of sp³-hybridized carbons (Fsp3) is 0.103. The summed E-state index contributed by atoms with van der Waals surface area (Å²) in [6.07, 6.45) is 4.66. The van der Waals surface area contributed by atoms with Crippen molar-refractivity contribution in [3.8, 4) is 34.0 Å². The number of aryl methyl sites for hydroxylation is 1. The molecular formula is C39H29N4P. The molecule has 0 spiro atoms. The van der Waals surface area contributed by atoms with Gasteiger partial charge in [-0.1, -0.05) is 97.1 Å². The van der Waals surface area contributed by atoms with Crippen LogP contribution in [-0.2, 0) is 12.8 Å². The average Bonchev–Trinajstić information content (AvgIpc) is 3.60. The quantitative estimate of drug-likeness (QED) is 0.207. The van der Waals surface area contributed by atoms with Gasteiger partial charge in [0.2, 0.25) is 0 Å². The Kier molecular flexibility index (Phi) is 5.95. The number of nitrogens with zero attached hydrogens (tertiary/aromatic N) is 4. The molecule has 9 rings (SSSR count). The van der Waals surface area contributed by atoms with Crippen molar-refractivity contribution in [1.82, 2.24) is 19.5 Å². The second-order valence-electron chi connectivity index (χ2n) is 11.6. The van der Waals surface area contributed by atoms with Crippen molar-refractivity contribution in [3.63, 3.8) is 0 Å². The Morgan fingerprint density at radius 3 is 1.84 bits per heavy atom. The molecule has 5 aromatic carbocycles. The largest absolute Gasteiger partial charge is 0.309 e. The van der Waals surface area contributed by atoms with E-state index in [2.05, 4.69) is 120 Å². The second kappa shape index (κ2) is 10.3. The Labute approximate surface area is 256 Å². The SMILES string of the molecule is c1ccc(-c2nc(-c3ccccc3)nc(-p3c4c(c5cc6c7ccccc7n(-c7ccccc7)c6cc53)CCCC4)n2)cc1. The molecule has 3 aromatic heterocycles. The van der Waals surface area contributed by atoms with Crippen molar-refractivity contribution >= 4 is 39.8 Å². The number of hydrogen-bond donors (Lipinski definition) is 0. The maximum absolute atomic E-state index is 5.27. The van der Waals surface area contributed by atoms with E-state index in [-0.39, 0.29) is 0 Å². The standard InChI is InChI=1S/C39H29N4P/c1-4-14-26(15-5-1)37-40-38(27-16-6-2-7-17-27)42-39(41-37)44-35-23-13-11-21-30(35)32-24-31-29-20-10-12-22-33(29)43(34(31)25-36(32)44)28-18-8-3-9-19-28/h1-10,12,14-20,22,24-25H,11,13,21,23H2. The minimum atomic E-state index is -0.906. The highest BCUT2D eigenvalue weighted by Crippen LogP contribution is 2.56. The van der Waals surface area contributed by atoms with Gasteiger partial charge in [-0.3, -0.25) is 0 Å². The van der Waals surface area contributed by atoms with Crippen LogP contribution in [0.4, 0.5) is 0 Å². The van der Waals surface area contributed by atoms with E-state index in [1.807, 2.05) is 12.1 Å². The van der Waals surface area contributed by atoms with Crippen molar-refractivity contribution in [3.05, 3.63) is 138 Å². The lowest BCUT2D eigenvalue weighted by Crippen LogP contribution is -2.00. The molecule has 5 heteroatoms. The summed E-state index contributed by atoms with van der Waals surface area (Å²) in [5.74, 6) is 1.48. The summed E-state index contributed by atoms with van der Waals surface area (Å²) in [6.45, 7) is 0. The molecule has 0 amide bonds. The lowest BCUT2D eigenvalue weighted by atomic mass is 9.95. The smallest absolute Gasteiger partial charge is 0.180 e. The van der Waals surface area contributed by atoms with Gasteiger partial charge in [0.15, 0.2) is 17.2 Å². The first-order chi connectivity index (χ1) is 21.8. The topological polar surface area (TPSA) is 43.6 Å². The van der Waals surface area contributed by atoms with Crippen LogP contribution in [-0.4, -0.2) is 19.5 Å². The summed E-state index contributed by atoms with van der Waals surface area (Å²) >= 11 is 0. The van der Waals surface area contributed by atoms with Crippen LogP contribution in [0.1, 0.15) is 23.7 Å². The van der Waals surface area contributed by atoms with E-state index < -0.39 is 7.53 Å². The molecule has 0 saturated carbocycles. The Bertz CT molecular complexity index is 2260. The molecule has 0 radical (unpaired) electrons. The molecule has 3 heterocycles. The first kappa shape index (κ1) is 25.4. The highest BCUT2D eigenvalue weighted by Gasteiger charge is 2.26. The lowest BCUT2D eigenvalue weighted by molar-refractivity contribution is 0.700. The van der Waals surface area contributed by atoms with E-state index >= 15 is 0 Å². The van der Waals surface area contributed by atoms with Gasteiger partial charge in [0.25, 0.3) is 0 Å². The maximum Gasteiger partial charge on any atom is 0.180 e. The summed E-state index contributed by atoms with van der Waals surface area (Å²) in [7, 11) is -0.906. The third-order valence-corrected chi connectivity index (χ3v) is 11.5. The van der Waals surface area contributed by atoms with E-state index in [0.29, 0.717) is 0 Å². The third-order valence-electron chi connectivity index (χ3n) is 8.97. The van der Waals surface area contributed by atoms with Gasteiger partial charge >= 0.3 is 0 Å². The fourth-order valence-electron chi connectivity index (χ4n) is 6.98. The zero-order chi connectivity index (χ0) is 29.0. The zero-order valence-electron chi connectivity index (χ0n) is 24.2. The molecule has 210 valence electrons. The lowest BCUT2D eigenvalue weighted by Gasteiger charge is -2.14. The van der Waals surface area contributed by atoms with Gasteiger partial charge in [-0.2, -0.15) is 0 Å². The normalized spacial score (nSPS) is 13.5. The predicted molar refractivity (Wildman–Crippen MR) is 183 cm³/mol. The minimum absolute atomic E-state index is 0.739. The predicted octanol–water partition coefficient (Wildman–Crippen LogP) is 10.3. The molecule has 44 heavy (non-hydrogen) atoms. The Balaban J connectivity index is 1.39. The fourth-order valence-corrected chi connectivity index (χ4v) is 9.70.